The van der Waals surface area contributed by atoms with Crippen molar-refractivity contribution in [1.82, 2.24) is 0 Å². The van der Waals surface area contributed by atoms with Gasteiger partial charge in [0.15, 0.2) is 0 Å². The van der Waals surface area contributed by atoms with Gasteiger partial charge in [0, 0.05) is 20.3 Å². The van der Waals surface area contributed by atoms with Gasteiger partial charge in [-0.15, -0.1) is 22.9 Å². The highest BCUT2D eigenvalue weighted by Gasteiger charge is 2.40. The Morgan fingerprint density at radius 1 is 1.12 bits per heavy atom. The van der Waals surface area contributed by atoms with Crippen LogP contribution in [0.2, 0.25) is 10.0 Å². The predicted octanol–water partition coefficient (Wildman–Crippen LogP) is 4.73. The van der Waals surface area contributed by atoms with Crippen LogP contribution in [-0.2, 0) is 17.6 Å². The van der Waals surface area contributed by atoms with E-state index in [2.05, 4.69) is 0 Å². The summed E-state index contributed by atoms with van der Waals surface area (Å²) in [5.74, 6) is -0.267. The Hall–Kier alpha value is -0.860. The fraction of sp³-hybridized carbons (Fsp3) is 0.522. The van der Waals surface area contributed by atoms with Gasteiger partial charge in [-0.25, -0.2) is 4.79 Å². The van der Waals surface area contributed by atoms with Gasteiger partial charge in [-0.1, -0.05) is 23.2 Å². The maximum absolute atomic E-state index is 12.1. The average molecular weight is 522 g/mol. The second kappa shape index (κ2) is 12.0. The number of benzene rings is 1. The van der Waals surface area contributed by atoms with Crippen LogP contribution in [0.1, 0.15) is 39.4 Å². The van der Waals surface area contributed by atoms with Gasteiger partial charge in [0.05, 0.1) is 12.7 Å². The van der Waals surface area contributed by atoms with Crippen molar-refractivity contribution in [2.75, 3.05) is 13.2 Å². The van der Waals surface area contributed by atoms with Gasteiger partial charge in [-0.2, -0.15) is 0 Å². The number of carbonyl (C=O) groups is 1. The lowest BCUT2D eigenvalue weighted by Crippen LogP contribution is -2.22. The highest BCUT2D eigenvalue weighted by Crippen LogP contribution is 2.42. The van der Waals surface area contributed by atoms with Crippen LogP contribution >= 0.6 is 46.1 Å². The molecule has 1 saturated carbocycles. The van der Waals surface area contributed by atoms with E-state index in [1.54, 1.807) is 12.1 Å². The number of hydrogen-bond acceptors (Lipinski definition) is 6. The summed E-state index contributed by atoms with van der Waals surface area (Å²) in [6.07, 6.45) is 2.17. The van der Waals surface area contributed by atoms with Crippen LogP contribution in [-0.4, -0.2) is 52.1 Å². The molecule has 2 aromatic rings. The third kappa shape index (κ3) is 7.07. The van der Waals surface area contributed by atoms with Gasteiger partial charge in [0.25, 0.3) is 0 Å². The van der Waals surface area contributed by atoms with Crippen molar-refractivity contribution in [3.63, 3.8) is 0 Å². The molecule has 176 valence electrons. The monoisotopic (exact) mass is 520 g/mol. The van der Waals surface area contributed by atoms with Gasteiger partial charge in [0.2, 0.25) is 0 Å². The van der Waals surface area contributed by atoms with E-state index < -0.39 is 24.8 Å². The molecule has 1 aliphatic rings. The van der Waals surface area contributed by atoms with Crippen molar-refractivity contribution in [2.45, 2.75) is 49.7 Å². The standard InChI is InChI=1S/C23H27Cl3O5S/c24-14-7-13(8-15(25)9-14)1-4-19-18(20(26)10-21(19)29)5-2-17-3-6-22(32-17)23(30)31-12-16(28)11-27/h3,6-9,16,18-21,27-29H,1-2,4-5,10-12H2/t16?,18-,19-,20-,21-/m1/s1. The van der Waals surface area contributed by atoms with E-state index in [0.717, 1.165) is 36.1 Å². The lowest BCUT2D eigenvalue weighted by molar-refractivity contribution is 0.00971. The predicted molar refractivity (Wildman–Crippen MR) is 128 cm³/mol. The fourth-order valence-corrected chi connectivity index (χ4v) is 6.23. The fourth-order valence-electron chi connectivity index (χ4n) is 4.25. The maximum atomic E-state index is 12.1. The summed E-state index contributed by atoms with van der Waals surface area (Å²) < 4.78 is 5.00. The van der Waals surface area contributed by atoms with Crippen molar-refractivity contribution in [3.05, 3.63) is 55.7 Å². The van der Waals surface area contributed by atoms with E-state index in [4.69, 9.17) is 44.6 Å². The summed E-state index contributed by atoms with van der Waals surface area (Å²) in [6, 6.07) is 9.09. The summed E-state index contributed by atoms with van der Waals surface area (Å²) in [5.41, 5.74) is 1.04. The first-order valence-electron chi connectivity index (χ1n) is 10.6. The van der Waals surface area contributed by atoms with Crippen LogP contribution < -0.4 is 0 Å². The number of aryl methyl sites for hydroxylation is 2. The van der Waals surface area contributed by atoms with E-state index in [9.17, 15) is 15.0 Å². The molecule has 5 nitrogen and oxygen atoms in total. The Morgan fingerprint density at radius 2 is 1.81 bits per heavy atom. The SMILES string of the molecule is O=C(OCC(O)CO)c1ccc(CC[C@@H]2[C@@H](CCc3cc(Cl)cc(Cl)c3)[C@H](O)C[C@H]2Cl)s1. The molecule has 0 spiro atoms. The zero-order valence-corrected chi connectivity index (χ0v) is 20.5. The van der Waals surface area contributed by atoms with Crippen molar-refractivity contribution in [1.29, 1.82) is 0 Å². The molecule has 0 bridgehead atoms. The number of ether oxygens (including phenoxy) is 1. The second-order valence-corrected chi connectivity index (χ2v) is 10.8. The van der Waals surface area contributed by atoms with Crippen LogP contribution in [0.3, 0.4) is 0 Å². The first-order valence-corrected chi connectivity index (χ1v) is 12.6. The van der Waals surface area contributed by atoms with E-state index in [0.29, 0.717) is 21.3 Å². The molecular formula is C23H27Cl3O5S. The van der Waals surface area contributed by atoms with Crippen molar-refractivity contribution in [2.24, 2.45) is 11.8 Å². The van der Waals surface area contributed by atoms with Crippen molar-refractivity contribution < 1.29 is 24.9 Å². The smallest absolute Gasteiger partial charge is 0.348 e. The maximum Gasteiger partial charge on any atom is 0.348 e. The molecule has 1 aromatic heterocycles. The van der Waals surface area contributed by atoms with E-state index in [1.807, 2.05) is 18.2 Å². The summed E-state index contributed by atoms with van der Waals surface area (Å²) in [4.78, 5) is 13.6. The number of thiophene rings is 1. The van der Waals surface area contributed by atoms with Gasteiger partial charge in [-0.05, 0) is 79.8 Å². The van der Waals surface area contributed by atoms with Gasteiger partial charge < -0.3 is 20.1 Å². The highest BCUT2D eigenvalue weighted by molar-refractivity contribution is 7.13. The Kier molecular flexibility index (Phi) is 9.68. The lowest BCUT2D eigenvalue weighted by atomic mass is 9.85. The summed E-state index contributed by atoms with van der Waals surface area (Å²) in [6.45, 7) is -0.697. The molecule has 0 amide bonds. The normalized spacial score (nSPS) is 23.9. The zero-order chi connectivity index (χ0) is 23.3. The van der Waals surface area contributed by atoms with Crippen molar-refractivity contribution in [3.8, 4) is 0 Å². The second-order valence-electron chi connectivity index (χ2n) is 8.20. The number of halogens is 3. The highest BCUT2D eigenvalue weighted by atomic mass is 35.5. The number of aliphatic hydroxyl groups excluding tert-OH is 3. The van der Waals surface area contributed by atoms with Crippen LogP contribution in [0.4, 0.5) is 0 Å². The Morgan fingerprint density at radius 3 is 2.50 bits per heavy atom. The summed E-state index contributed by atoms with van der Waals surface area (Å²) in [7, 11) is 0. The molecule has 0 saturated heterocycles. The molecule has 9 heteroatoms. The zero-order valence-electron chi connectivity index (χ0n) is 17.4. The van der Waals surface area contributed by atoms with Crippen molar-refractivity contribution >= 4 is 52.1 Å². The van der Waals surface area contributed by atoms with Crippen LogP contribution in [0.5, 0.6) is 0 Å². The number of carbonyl (C=O) groups excluding carboxylic acids is 1. The molecule has 0 aliphatic heterocycles. The van der Waals surface area contributed by atoms with Crippen LogP contribution in [0.15, 0.2) is 30.3 Å². The molecule has 3 N–H and O–H groups in total. The minimum Gasteiger partial charge on any atom is -0.459 e. The number of rotatable bonds is 10. The molecular weight excluding hydrogens is 495 g/mol. The molecule has 1 aromatic carbocycles. The van der Waals surface area contributed by atoms with Gasteiger partial charge in [0.1, 0.15) is 17.6 Å². The molecule has 1 aliphatic carbocycles. The minimum absolute atomic E-state index is 0.0830. The first-order chi connectivity index (χ1) is 15.3. The largest absolute Gasteiger partial charge is 0.459 e. The molecule has 1 unspecified atom stereocenters. The Labute approximate surface area is 206 Å². The van der Waals surface area contributed by atoms with Crippen LogP contribution in [0, 0.1) is 11.8 Å². The Balaban J connectivity index is 1.56. The topological polar surface area (TPSA) is 87.0 Å². The first kappa shape index (κ1) is 25.8. The summed E-state index contributed by atoms with van der Waals surface area (Å²) >= 11 is 20.1. The number of esters is 1. The van der Waals surface area contributed by atoms with E-state index in [-0.39, 0.29) is 23.8 Å². The molecule has 32 heavy (non-hydrogen) atoms. The third-order valence-corrected chi connectivity index (χ3v) is 7.93. The molecule has 0 radical (unpaired) electrons. The van der Waals surface area contributed by atoms with Gasteiger partial charge >= 0.3 is 5.97 Å². The molecule has 1 fully saturated rings. The minimum atomic E-state index is -1.08. The molecule has 3 rings (SSSR count). The number of alkyl halides is 1. The Bertz CT molecular complexity index is 885. The quantitative estimate of drug-likeness (QED) is 0.311. The lowest BCUT2D eigenvalue weighted by Gasteiger charge is -2.23. The molecule has 5 atom stereocenters. The third-order valence-electron chi connectivity index (χ3n) is 5.87. The average Bonchev–Trinajstić information content (AvgIpc) is 3.31. The number of hydrogen-bond donors (Lipinski definition) is 3. The number of aliphatic hydroxyl groups is 3. The van der Waals surface area contributed by atoms with E-state index >= 15 is 0 Å². The van der Waals surface area contributed by atoms with Gasteiger partial charge in [-0.3, -0.25) is 0 Å². The van der Waals surface area contributed by atoms with Crippen LogP contribution in [0.25, 0.3) is 0 Å². The summed E-state index contributed by atoms with van der Waals surface area (Å²) in [5, 5.41) is 29.8. The molecule has 1 heterocycles. The van der Waals surface area contributed by atoms with E-state index in [1.165, 1.54) is 11.3 Å².